The average Bonchev–Trinajstić information content (AvgIpc) is 2.21. The smallest absolute Gasteiger partial charge is 0.252 e. The predicted octanol–water partition coefficient (Wildman–Crippen LogP) is 0.166. The number of phenolic OH excluding ortho intramolecular Hbond substituents is 3. The minimum Gasteiger partial charge on any atom is -0.504 e. The topological polar surface area (TPSA) is 89.8 Å². The second kappa shape index (κ2) is 4.24. The standard InChI is InChI=1S/C10H9NO4/c1-2-3-11-10(15)6-4-7(12)9(14)8(13)5-6/h1,4-5,12-14H,3H2,(H,11,15). The lowest BCUT2D eigenvalue weighted by molar-refractivity contribution is 0.0958. The molecule has 4 N–H and O–H groups in total. The van der Waals surface area contributed by atoms with Crippen molar-refractivity contribution in [2.24, 2.45) is 0 Å². The van der Waals surface area contributed by atoms with Crippen molar-refractivity contribution >= 4 is 5.91 Å². The van der Waals surface area contributed by atoms with E-state index in [4.69, 9.17) is 21.7 Å². The fourth-order valence-electron chi connectivity index (χ4n) is 0.969. The van der Waals surface area contributed by atoms with Crippen molar-refractivity contribution in [1.82, 2.24) is 5.32 Å². The van der Waals surface area contributed by atoms with Crippen molar-refractivity contribution in [3.05, 3.63) is 17.7 Å². The highest BCUT2D eigenvalue weighted by Crippen LogP contribution is 2.35. The lowest BCUT2D eigenvalue weighted by atomic mass is 10.1. The molecule has 0 unspecified atom stereocenters. The molecule has 78 valence electrons. The molecule has 0 bridgehead atoms. The van der Waals surface area contributed by atoms with E-state index in [0.717, 1.165) is 12.1 Å². The zero-order valence-electron chi connectivity index (χ0n) is 7.69. The number of amides is 1. The summed E-state index contributed by atoms with van der Waals surface area (Å²) in [6.07, 6.45) is 4.94. The van der Waals surface area contributed by atoms with E-state index in [2.05, 4.69) is 11.2 Å². The monoisotopic (exact) mass is 207 g/mol. The van der Waals surface area contributed by atoms with E-state index >= 15 is 0 Å². The number of hydrogen-bond donors (Lipinski definition) is 4. The predicted molar refractivity (Wildman–Crippen MR) is 52.6 cm³/mol. The van der Waals surface area contributed by atoms with E-state index in [1.54, 1.807) is 0 Å². The SMILES string of the molecule is C#CCNC(=O)c1cc(O)c(O)c(O)c1. The molecule has 0 saturated carbocycles. The maximum absolute atomic E-state index is 11.3. The molecule has 1 rings (SSSR count). The van der Waals surface area contributed by atoms with Gasteiger partial charge in [-0.1, -0.05) is 5.92 Å². The van der Waals surface area contributed by atoms with Crippen molar-refractivity contribution in [3.8, 4) is 29.6 Å². The van der Waals surface area contributed by atoms with Gasteiger partial charge in [0, 0.05) is 5.56 Å². The van der Waals surface area contributed by atoms with E-state index in [1.807, 2.05) is 0 Å². The Morgan fingerprint density at radius 1 is 1.33 bits per heavy atom. The molecule has 0 atom stereocenters. The summed E-state index contributed by atoms with van der Waals surface area (Å²) >= 11 is 0. The molecule has 1 aromatic rings. The minimum atomic E-state index is -0.663. The lowest BCUT2D eigenvalue weighted by Crippen LogP contribution is -2.23. The van der Waals surface area contributed by atoms with E-state index in [9.17, 15) is 4.79 Å². The van der Waals surface area contributed by atoms with Gasteiger partial charge in [0.2, 0.25) is 0 Å². The van der Waals surface area contributed by atoms with Gasteiger partial charge in [0.15, 0.2) is 17.2 Å². The number of aromatic hydroxyl groups is 3. The van der Waals surface area contributed by atoms with Crippen LogP contribution in [0.5, 0.6) is 17.2 Å². The van der Waals surface area contributed by atoms with Gasteiger partial charge in [0.25, 0.3) is 5.91 Å². The molecule has 5 nitrogen and oxygen atoms in total. The number of terminal acetylenes is 1. The van der Waals surface area contributed by atoms with Crippen LogP contribution in [0.2, 0.25) is 0 Å². The molecule has 1 amide bonds. The minimum absolute atomic E-state index is 0.0121. The maximum Gasteiger partial charge on any atom is 0.252 e. The quantitative estimate of drug-likeness (QED) is 0.411. The van der Waals surface area contributed by atoms with Gasteiger partial charge in [0.05, 0.1) is 6.54 Å². The van der Waals surface area contributed by atoms with Crippen LogP contribution in [0, 0.1) is 12.3 Å². The summed E-state index contributed by atoms with van der Waals surface area (Å²) in [6, 6.07) is 2.06. The number of benzene rings is 1. The van der Waals surface area contributed by atoms with Crippen LogP contribution in [0.4, 0.5) is 0 Å². The van der Waals surface area contributed by atoms with Crippen molar-refractivity contribution in [2.75, 3.05) is 6.54 Å². The second-order valence-corrected chi connectivity index (χ2v) is 2.75. The van der Waals surface area contributed by atoms with Crippen LogP contribution in [0.1, 0.15) is 10.4 Å². The lowest BCUT2D eigenvalue weighted by Gasteiger charge is -2.05. The summed E-state index contributed by atoms with van der Waals surface area (Å²) in [6.45, 7) is 0.0429. The van der Waals surface area contributed by atoms with Crippen LogP contribution in [-0.4, -0.2) is 27.8 Å². The Balaban J connectivity index is 2.97. The van der Waals surface area contributed by atoms with Crippen LogP contribution in [0.25, 0.3) is 0 Å². The summed E-state index contributed by atoms with van der Waals surface area (Å²) < 4.78 is 0. The molecule has 15 heavy (non-hydrogen) atoms. The molecule has 0 spiro atoms. The summed E-state index contributed by atoms with van der Waals surface area (Å²) in [4.78, 5) is 11.3. The van der Waals surface area contributed by atoms with Gasteiger partial charge >= 0.3 is 0 Å². The van der Waals surface area contributed by atoms with Gasteiger partial charge in [-0.15, -0.1) is 6.42 Å². The number of nitrogens with one attached hydrogen (secondary N) is 1. The first kappa shape index (κ1) is 10.7. The highest BCUT2D eigenvalue weighted by molar-refractivity contribution is 5.95. The van der Waals surface area contributed by atoms with E-state index in [0.29, 0.717) is 0 Å². The Bertz CT molecular complexity index is 411. The molecule has 0 aliphatic heterocycles. The number of carbonyl (C=O) groups excluding carboxylic acids is 1. The highest BCUT2D eigenvalue weighted by atomic mass is 16.3. The van der Waals surface area contributed by atoms with Crippen LogP contribution in [-0.2, 0) is 0 Å². The van der Waals surface area contributed by atoms with Crippen molar-refractivity contribution in [3.63, 3.8) is 0 Å². The molecule has 5 heteroatoms. The van der Waals surface area contributed by atoms with E-state index in [1.165, 1.54) is 0 Å². The molecule has 0 radical (unpaired) electrons. The molecule has 1 aromatic carbocycles. The van der Waals surface area contributed by atoms with Crippen molar-refractivity contribution in [1.29, 1.82) is 0 Å². The third kappa shape index (κ3) is 2.31. The molecule has 0 saturated heterocycles. The highest BCUT2D eigenvalue weighted by Gasteiger charge is 2.12. The largest absolute Gasteiger partial charge is 0.504 e. The Kier molecular flexibility index (Phi) is 3.03. The van der Waals surface area contributed by atoms with Gasteiger partial charge in [-0.25, -0.2) is 0 Å². The summed E-state index contributed by atoms with van der Waals surface area (Å²) in [7, 11) is 0. The fourth-order valence-corrected chi connectivity index (χ4v) is 0.969. The molecular formula is C10H9NO4. The third-order valence-electron chi connectivity index (χ3n) is 1.68. The zero-order valence-corrected chi connectivity index (χ0v) is 7.69. The van der Waals surface area contributed by atoms with Gasteiger partial charge in [-0.3, -0.25) is 4.79 Å². The second-order valence-electron chi connectivity index (χ2n) is 2.75. The molecule has 0 heterocycles. The molecule has 0 fully saturated rings. The maximum atomic E-state index is 11.3. The Hall–Kier alpha value is -2.35. The summed E-state index contributed by atoms with van der Waals surface area (Å²) in [5, 5.41) is 29.6. The Labute approximate surface area is 86.0 Å². The Morgan fingerprint density at radius 3 is 2.33 bits per heavy atom. The summed E-state index contributed by atoms with van der Waals surface area (Å²) in [5.74, 6) is -0.141. The molecule has 0 aliphatic carbocycles. The summed E-state index contributed by atoms with van der Waals surface area (Å²) in [5.41, 5.74) is 0.0121. The fraction of sp³-hybridized carbons (Fsp3) is 0.100. The van der Waals surface area contributed by atoms with Crippen LogP contribution >= 0.6 is 0 Å². The first-order valence-electron chi connectivity index (χ1n) is 4.03. The van der Waals surface area contributed by atoms with E-state index in [-0.39, 0.29) is 12.1 Å². The van der Waals surface area contributed by atoms with Crippen molar-refractivity contribution in [2.45, 2.75) is 0 Å². The van der Waals surface area contributed by atoms with Gasteiger partial charge in [0.1, 0.15) is 0 Å². The van der Waals surface area contributed by atoms with E-state index < -0.39 is 23.2 Å². The third-order valence-corrected chi connectivity index (χ3v) is 1.68. The molecule has 0 aromatic heterocycles. The van der Waals surface area contributed by atoms with Gasteiger partial charge in [-0.05, 0) is 12.1 Å². The van der Waals surface area contributed by atoms with Crippen molar-refractivity contribution < 1.29 is 20.1 Å². The van der Waals surface area contributed by atoms with Gasteiger partial charge in [-0.2, -0.15) is 0 Å². The number of hydrogen-bond acceptors (Lipinski definition) is 4. The normalized spacial score (nSPS) is 9.27. The average molecular weight is 207 g/mol. The first-order chi connectivity index (χ1) is 7.06. The van der Waals surface area contributed by atoms with Crippen LogP contribution in [0.15, 0.2) is 12.1 Å². The van der Waals surface area contributed by atoms with Crippen LogP contribution < -0.4 is 5.32 Å². The number of carbonyl (C=O) groups is 1. The Morgan fingerprint density at radius 2 is 1.87 bits per heavy atom. The van der Waals surface area contributed by atoms with Crippen LogP contribution in [0.3, 0.4) is 0 Å². The zero-order chi connectivity index (χ0) is 11.4. The van der Waals surface area contributed by atoms with Gasteiger partial charge < -0.3 is 20.6 Å². The number of rotatable bonds is 2. The first-order valence-corrected chi connectivity index (χ1v) is 4.03. The number of phenols is 3. The molecular weight excluding hydrogens is 198 g/mol. The molecule has 0 aliphatic rings.